The second kappa shape index (κ2) is 3.87. The zero-order valence-corrected chi connectivity index (χ0v) is 7.29. The molecular weight excluding hydrogens is 156 g/mol. The van der Waals surface area contributed by atoms with Gasteiger partial charge in [-0.15, -0.1) is 0 Å². The summed E-state index contributed by atoms with van der Waals surface area (Å²) in [6, 6.07) is -0.257. The molecule has 0 heterocycles. The summed E-state index contributed by atoms with van der Waals surface area (Å²) in [5.74, 6) is -0.102. The lowest BCUT2D eigenvalue weighted by atomic mass is 9.89. The zero-order valence-electron chi connectivity index (χ0n) is 7.29. The molecule has 1 unspecified atom stereocenters. The van der Waals surface area contributed by atoms with Crippen molar-refractivity contribution in [1.82, 2.24) is 5.32 Å². The van der Waals surface area contributed by atoms with Gasteiger partial charge in [-0.2, -0.15) is 0 Å². The van der Waals surface area contributed by atoms with E-state index in [1.807, 2.05) is 6.92 Å². The van der Waals surface area contributed by atoms with E-state index < -0.39 is 6.04 Å². The van der Waals surface area contributed by atoms with Crippen LogP contribution in [0.5, 0.6) is 0 Å². The molecule has 4 nitrogen and oxygen atoms in total. The van der Waals surface area contributed by atoms with Gasteiger partial charge in [0.15, 0.2) is 0 Å². The first-order valence-electron chi connectivity index (χ1n) is 4.37. The summed E-state index contributed by atoms with van der Waals surface area (Å²) in [6.07, 6.45) is 1.76. The van der Waals surface area contributed by atoms with Gasteiger partial charge in [-0.3, -0.25) is 4.79 Å². The van der Waals surface area contributed by atoms with Gasteiger partial charge in [0.05, 0.1) is 12.1 Å². The summed E-state index contributed by atoms with van der Waals surface area (Å²) in [5.41, 5.74) is 5.50. The number of carbonyl (C=O) groups excluding carboxylic acids is 1. The molecule has 4 heteroatoms. The van der Waals surface area contributed by atoms with Gasteiger partial charge in [0.25, 0.3) is 0 Å². The molecule has 1 aliphatic carbocycles. The second-order valence-electron chi connectivity index (χ2n) is 3.35. The number of nitrogens with one attached hydrogen (secondary N) is 1. The van der Waals surface area contributed by atoms with E-state index in [9.17, 15) is 4.79 Å². The fraction of sp³-hybridized carbons (Fsp3) is 0.875. The molecule has 0 aliphatic heterocycles. The maximum absolute atomic E-state index is 11.2. The number of rotatable bonds is 3. The predicted molar refractivity (Wildman–Crippen MR) is 45.4 cm³/mol. The van der Waals surface area contributed by atoms with Crippen LogP contribution in [0, 0.1) is 0 Å². The molecule has 12 heavy (non-hydrogen) atoms. The average Bonchev–Trinajstić information content (AvgIpc) is 2.00. The molecule has 70 valence electrons. The first kappa shape index (κ1) is 9.48. The van der Waals surface area contributed by atoms with Crippen molar-refractivity contribution >= 4 is 5.91 Å². The number of aliphatic hydroxyl groups is 1. The van der Waals surface area contributed by atoms with Crippen LogP contribution in [0.3, 0.4) is 0 Å². The fourth-order valence-corrected chi connectivity index (χ4v) is 1.20. The number of hydrogen-bond donors (Lipinski definition) is 3. The van der Waals surface area contributed by atoms with Gasteiger partial charge in [-0.25, -0.2) is 0 Å². The average molecular weight is 172 g/mol. The Bertz CT molecular complexity index is 166. The van der Waals surface area contributed by atoms with Crippen LogP contribution < -0.4 is 11.1 Å². The summed E-state index contributed by atoms with van der Waals surface area (Å²) in [5, 5.41) is 11.7. The number of hydrogen-bond acceptors (Lipinski definition) is 3. The van der Waals surface area contributed by atoms with Crippen molar-refractivity contribution in [2.75, 3.05) is 0 Å². The largest absolute Gasteiger partial charge is 0.393 e. The van der Waals surface area contributed by atoms with Crippen LogP contribution in [0.4, 0.5) is 0 Å². The van der Waals surface area contributed by atoms with E-state index >= 15 is 0 Å². The van der Waals surface area contributed by atoms with Crippen LogP contribution in [-0.2, 0) is 4.79 Å². The van der Waals surface area contributed by atoms with Crippen molar-refractivity contribution in [3.05, 3.63) is 0 Å². The molecule has 1 saturated carbocycles. The number of amides is 1. The van der Waals surface area contributed by atoms with Crippen LogP contribution in [0.15, 0.2) is 0 Å². The topological polar surface area (TPSA) is 75.4 Å². The van der Waals surface area contributed by atoms with Gasteiger partial charge in [0.2, 0.25) is 5.91 Å². The van der Waals surface area contributed by atoms with Gasteiger partial charge in [-0.1, -0.05) is 6.92 Å². The molecule has 0 aromatic carbocycles. The molecule has 0 spiro atoms. The zero-order chi connectivity index (χ0) is 9.14. The Morgan fingerprint density at radius 3 is 2.75 bits per heavy atom. The van der Waals surface area contributed by atoms with Crippen molar-refractivity contribution in [1.29, 1.82) is 0 Å². The summed E-state index contributed by atoms with van der Waals surface area (Å²) in [6.45, 7) is 1.87. The minimum absolute atomic E-state index is 0.102. The van der Waals surface area contributed by atoms with Gasteiger partial charge < -0.3 is 16.2 Å². The third kappa shape index (κ3) is 2.19. The van der Waals surface area contributed by atoms with Crippen LogP contribution in [0.25, 0.3) is 0 Å². The smallest absolute Gasteiger partial charge is 0.237 e. The van der Waals surface area contributed by atoms with E-state index in [0.29, 0.717) is 19.3 Å². The molecule has 1 aliphatic rings. The predicted octanol–water partition coefficient (Wildman–Crippen LogP) is -0.637. The lowest BCUT2D eigenvalue weighted by Gasteiger charge is -2.32. The summed E-state index contributed by atoms with van der Waals surface area (Å²) >= 11 is 0. The third-order valence-corrected chi connectivity index (χ3v) is 2.24. The molecule has 1 amide bonds. The maximum Gasteiger partial charge on any atom is 0.237 e. The number of carbonyl (C=O) groups is 1. The molecule has 0 aromatic rings. The highest BCUT2D eigenvalue weighted by molar-refractivity contribution is 5.81. The van der Waals surface area contributed by atoms with Crippen LogP contribution in [-0.4, -0.2) is 29.2 Å². The molecule has 1 fully saturated rings. The lowest BCUT2D eigenvalue weighted by molar-refractivity contribution is -0.124. The van der Waals surface area contributed by atoms with Crippen molar-refractivity contribution in [2.45, 2.75) is 44.4 Å². The van der Waals surface area contributed by atoms with Gasteiger partial charge in [0.1, 0.15) is 0 Å². The first-order valence-corrected chi connectivity index (χ1v) is 4.37. The monoisotopic (exact) mass is 172 g/mol. The van der Waals surface area contributed by atoms with Gasteiger partial charge in [-0.05, 0) is 19.3 Å². The Kier molecular flexibility index (Phi) is 3.05. The summed E-state index contributed by atoms with van der Waals surface area (Å²) < 4.78 is 0. The Labute approximate surface area is 72.1 Å². The highest BCUT2D eigenvalue weighted by Crippen LogP contribution is 2.19. The van der Waals surface area contributed by atoms with Crippen molar-refractivity contribution in [3.8, 4) is 0 Å². The SMILES string of the molecule is CCC(N)C(=O)NC1CC(O)C1. The summed E-state index contributed by atoms with van der Waals surface area (Å²) in [7, 11) is 0. The Morgan fingerprint density at radius 2 is 2.33 bits per heavy atom. The van der Waals surface area contributed by atoms with Crippen molar-refractivity contribution < 1.29 is 9.90 Å². The minimum Gasteiger partial charge on any atom is -0.393 e. The van der Waals surface area contributed by atoms with E-state index in [4.69, 9.17) is 10.8 Å². The van der Waals surface area contributed by atoms with Gasteiger partial charge >= 0.3 is 0 Å². The van der Waals surface area contributed by atoms with E-state index in [1.54, 1.807) is 0 Å². The third-order valence-electron chi connectivity index (χ3n) is 2.24. The van der Waals surface area contributed by atoms with Crippen molar-refractivity contribution in [3.63, 3.8) is 0 Å². The Morgan fingerprint density at radius 1 is 1.75 bits per heavy atom. The second-order valence-corrected chi connectivity index (χ2v) is 3.35. The molecule has 1 atom stereocenters. The molecule has 4 N–H and O–H groups in total. The number of aliphatic hydroxyl groups excluding tert-OH is 1. The molecule has 0 aromatic heterocycles. The highest BCUT2D eigenvalue weighted by Gasteiger charge is 2.29. The molecular formula is C8H16N2O2. The quantitative estimate of drug-likeness (QED) is 0.530. The maximum atomic E-state index is 11.2. The highest BCUT2D eigenvalue weighted by atomic mass is 16.3. The van der Waals surface area contributed by atoms with E-state index in [2.05, 4.69) is 5.32 Å². The summed E-state index contributed by atoms with van der Waals surface area (Å²) in [4.78, 5) is 11.2. The van der Waals surface area contributed by atoms with Crippen LogP contribution in [0.1, 0.15) is 26.2 Å². The van der Waals surface area contributed by atoms with Crippen molar-refractivity contribution in [2.24, 2.45) is 5.73 Å². The number of nitrogens with two attached hydrogens (primary N) is 1. The Hall–Kier alpha value is -0.610. The lowest BCUT2D eigenvalue weighted by Crippen LogP contribution is -2.51. The molecule has 1 rings (SSSR count). The van der Waals surface area contributed by atoms with E-state index in [1.165, 1.54) is 0 Å². The molecule has 0 bridgehead atoms. The first-order chi connectivity index (χ1) is 5.63. The standard InChI is InChI=1S/C8H16N2O2/c1-2-7(9)8(12)10-5-3-6(11)4-5/h5-7,11H,2-4,9H2,1H3,(H,10,12). The minimum atomic E-state index is -0.400. The van der Waals surface area contributed by atoms with E-state index in [-0.39, 0.29) is 18.1 Å². The fourth-order valence-electron chi connectivity index (χ4n) is 1.20. The molecule has 0 radical (unpaired) electrons. The molecule has 0 saturated heterocycles. The van der Waals surface area contributed by atoms with Gasteiger partial charge in [0, 0.05) is 6.04 Å². The Balaban J connectivity index is 2.18. The van der Waals surface area contributed by atoms with Crippen LogP contribution in [0.2, 0.25) is 0 Å². The normalized spacial score (nSPS) is 30.6. The van der Waals surface area contributed by atoms with Crippen LogP contribution >= 0.6 is 0 Å². The van der Waals surface area contributed by atoms with E-state index in [0.717, 1.165) is 0 Å².